The number of nitrogens with zero attached hydrogens (tertiary/aromatic N) is 3. The molecule has 2 aliphatic rings. The van der Waals surface area contributed by atoms with Crippen molar-refractivity contribution in [3.63, 3.8) is 0 Å². The van der Waals surface area contributed by atoms with Gasteiger partial charge in [-0.2, -0.15) is 21.6 Å². The van der Waals surface area contributed by atoms with E-state index in [1.807, 2.05) is 91.0 Å². The second kappa shape index (κ2) is 19.7. The van der Waals surface area contributed by atoms with Crippen molar-refractivity contribution in [1.29, 1.82) is 0 Å². The highest BCUT2D eigenvalue weighted by atomic mass is 32.2. The molecule has 3 heterocycles. The number of thiazole rings is 1. The maximum Gasteiger partial charge on any atom is 0.534 e. The van der Waals surface area contributed by atoms with Gasteiger partial charge in [0.05, 0.1) is 0 Å². The van der Waals surface area contributed by atoms with Crippen molar-refractivity contribution in [2.45, 2.75) is 28.6 Å². The quantitative estimate of drug-likeness (QED) is 0.0140. The molecule has 2 amide bonds. The Balaban J connectivity index is 1.07. The fourth-order valence-corrected chi connectivity index (χ4v) is 10.0. The van der Waals surface area contributed by atoms with Crippen LogP contribution in [-0.2, 0) is 43.8 Å². The number of hydrogen-bond acceptors (Lipinski definition) is 13. The van der Waals surface area contributed by atoms with Crippen LogP contribution in [0, 0.1) is 0 Å². The van der Waals surface area contributed by atoms with Crippen molar-refractivity contribution in [2.75, 3.05) is 18.2 Å². The van der Waals surface area contributed by atoms with Crippen LogP contribution in [0.5, 0.6) is 0 Å². The molecule has 6 aromatic rings. The van der Waals surface area contributed by atoms with Crippen molar-refractivity contribution < 1.29 is 49.7 Å². The van der Waals surface area contributed by atoms with Gasteiger partial charge in [0, 0.05) is 11.1 Å². The van der Waals surface area contributed by atoms with E-state index >= 15 is 0 Å². The number of benzene rings is 5. The number of hydrogen-bond donors (Lipinski definition) is 2. The Kier molecular flexibility index (Phi) is 13.6. The lowest BCUT2D eigenvalue weighted by Crippen LogP contribution is -2.71. The molecule has 13 nitrogen and oxygen atoms in total. The Bertz CT molecular complexity index is 2810. The monoisotopic (exact) mass is 965 g/mol. The summed E-state index contributed by atoms with van der Waals surface area (Å²) in [5.74, 6) is -2.82. The van der Waals surface area contributed by atoms with Gasteiger partial charge in [0.25, 0.3) is 11.8 Å². The number of fused-ring (bicyclic) bond motifs is 1. The highest BCUT2D eigenvalue weighted by Crippen LogP contribution is 2.43. The van der Waals surface area contributed by atoms with Crippen LogP contribution < -0.4 is 10.6 Å². The van der Waals surface area contributed by atoms with Gasteiger partial charge in [-0.3, -0.25) is 14.5 Å². The van der Waals surface area contributed by atoms with E-state index in [0.29, 0.717) is 16.3 Å². The van der Waals surface area contributed by atoms with Gasteiger partial charge in [-0.15, -0.1) is 23.1 Å². The first kappa shape index (κ1) is 46.3. The summed E-state index contributed by atoms with van der Waals surface area (Å²) >= 11 is 2.26. The molecule has 1 fully saturated rings. The van der Waals surface area contributed by atoms with Gasteiger partial charge >= 0.3 is 21.6 Å². The highest BCUT2D eigenvalue weighted by molar-refractivity contribution is 8.00. The first-order valence-corrected chi connectivity index (χ1v) is 23.6. The number of allylic oxidation sites excluding steroid dienone is 1. The Morgan fingerprint density at radius 3 is 1.82 bits per heavy atom. The fraction of sp³-hybridized carbons (Fsp3) is 0.146. The zero-order chi connectivity index (χ0) is 47.2. The summed E-state index contributed by atoms with van der Waals surface area (Å²) < 4.78 is 72.9. The van der Waals surface area contributed by atoms with Gasteiger partial charge in [0.1, 0.15) is 41.7 Å². The number of oxime groups is 1. The molecule has 342 valence electrons. The average molecular weight is 966 g/mol. The number of carbonyl (C=O) groups is 3. The van der Waals surface area contributed by atoms with Crippen molar-refractivity contribution >= 4 is 61.8 Å². The SMILES string of the molecule is CON=C(C(=O)NC1C(=O)N2C(C(=O)OC(c3ccccc3)c3ccccc3)=C(C=COS(=O)(=O)C(F)(F)F)CSC12)c1csc(NC(c2ccccc2)(c2ccccc2)c2ccccc2)n1. The smallest absolute Gasteiger partial charge is 0.448 e. The lowest BCUT2D eigenvalue weighted by Gasteiger charge is -2.49. The van der Waals surface area contributed by atoms with Gasteiger partial charge in [-0.05, 0) is 39.5 Å². The first-order chi connectivity index (χ1) is 32.3. The van der Waals surface area contributed by atoms with Crippen LogP contribution in [0.3, 0.4) is 0 Å². The van der Waals surface area contributed by atoms with Crippen molar-refractivity contribution in [1.82, 2.24) is 15.2 Å². The fourth-order valence-electron chi connectivity index (χ4n) is 7.63. The van der Waals surface area contributed by atoms with E-state index in [4.69, 9.17) is 14.6 Å². The van der Waals surface area contributed by atoms with E-state index in [2.05, 4.69) is 20.0 Å². The molecular weight excluding hydrogens is 928 g/mol. The third kappa shape index (κ3) is 9.56. The van der Waals surface area contributed by atoms with E-state index < -0.39 is 56.5 Å². The topological polar surface area (TPSA) is 166 Å². The molecule has 0 bridgehead atoms. The molecule has 5 aromatic carbocycles. The van der Waals surface area contributed by atoms with E-state index in [9.17, 15) is 36.0 Å². The molecular formula is C48H38F3N5O8S3. The van der Waals surface area contributed by atoms with E-state index in [1.165, 1.54) is 18.4 Å². The Labute approximate surface area is 391 Å². The minimum atomic E-state index is -6.04. The lowest BCUT2D eigenvalue weighted by molar-refractivity contribution is -0.154. The lowest BCUT2D eigenvalue weighted by atomic mass is 9.77. The number of nitrogens with one attached hydrogen (secondary N) is 2. The van der Waals surface area contributed by atoms with Crippen molar-refractivity contribution in [3.05, 3.63) is 214 Å². The molecule has 2 N–H and O–H groups in total. The van der Waals surface area contributed by atoms with Gasteiger partial charge in [0.15, 0.2) is 16.9 Å². The van der Waals surface area contributed by atoms with E-state index in [1.54, 1.807) is 66.0 Å². The number of rotatable bonds is 16. The van der Waals surface area contributed by atoms with Crippen LogP contribution in [-0.4, -0.2) is 71.6 Å². The molecule has 0 saturated carbocycles. The molecule has 19 heteroatoms. The standard InChI is InChI=1S/C48H38F3N5O8S3/c1-62-55-38(37-30-66-46(52-37)54-47(34-21-11-4-12-22-34,35-23-13-5-14-24-35)36-25-15-6-16-26-36)42(57)53-39-43(58)56-40(33(29-65-44(39)56)27-28-63-67(60,61)48(49,50)51)45(59)64-41(31-17-7-2-8-18-31)32-19-9-3-10-20-32/h2-28,30,39,41,44H,29H2,1H3,(H,52,54)(H,53,57). The summed E-state index contributed by atoms with van der Waals surface area (Å²) in [7, 11) is -4.80. The number of amides is 2. The predicted molar refractivity (Wildman–Crippen MR) is 247 cm³/mol. The third-order valence-electron chi connectivity index (χ3n) is 10.7. The number of β-lactam (4-membered cyclic amide) rings is 1. The zero-order valence-corrected chi connectivity index (χ0v) is 37.5. The van der Waals surface area contributed by atoms with E-state index in [-0.39, 0.29) is 34.7 Å². The van der Waals surface area contributed by atoms with Crippen LogP contribution in [0.2, 0.25) is 0 Å². The molecule has 67 heavy (non-hydrogen) atoms. The Morgan fingerprint density at radius 2 is 1.33 bits per heavy atom. The molecule has 0 radical (unpaired) electrons. The number of alkyl halides is 3. The summed E-state index contributed by atoms with van der Waals surface area (Å²) in [5.41, 5.74) is -3.41. The predicted octanol–water partition coefficient (Wildman–Crippen LogP) is 8.26. The van der Waals surface area contributed by atoms with Crippen LogP contribution in [0.25, 0.3) is 0 Å². The summed E-state index contributed by atoms with van der Waals surface area (Å²) in [4.78, 5) is 53.5. The number of aromatic nitrogens is 1. The normalized spacial score (nSPS) is 16.6. The minimum Gasteiger partial charge on any atom is -0.448 e. The first-order valence-electron chi connectivity index (χ1n) is 20.3. The van der Waals surface area contributed by atoms with Crippen LogP contribution in [0.4, 0.5) is 18.3 Å². The number of esters is 1. The van der Waals surface area contributed by atoms with Gasteiger partial charge < -0.3 is 24.4 Å². The Hall–Kier alpha value is -7.22. The summed E-state index contributed by atoms with van der Waals surface area (Å²) in [6.07, 6.45) is 0.120. The zero-order valence-electron chi connectivity index (χ0n) is 35.1. The minimum absolute atomic E-state index is 0.0802. The summed E-state index contributed by atoms with van der Waals surface area (Å²) in [6.45, 7) is 0. The van der Waals surface area contributed by atoms with Gasteiger partial charge in [-0.25, -0.2) is 9.78 Å². The van der Waals surface area contributed by atoms with Crippen LogP contribution in [0.15, 0.2) is 186 Å². The molecule has 8 rings (SSSR count). The highest BCUT2D eigenvalue weighted by Gasteiger charge is 2.55. The number of anilines is 1. The number of thioether (sulfide) groups is 1. The van der Waals surface area contributed by atoms with Crippen LogP contribution in [0.1, 0.15) is 39.6 Å². The summed E-state index contributed by atoms with van der Waals surface area (Å²) in [5, 5.41) is 11.4. The van der Waals surface area contributed by atoms with Crippen molar-refractivity contribution in [2.24, 2.45) is 5.16 Å². The molecule has 2 atom stereocenters. The molecule has 2 unspecified atom stereocenters. The number of ether oxygens (including phenoxy) is 1. The third-order valence-corrected chi connectivity index (χ3v) is 13.7. The maximum absolute atomic E-state index is 14.3. The maximum atomic E-state index is 14.3. The number of carbonyl (C=O) groups excluding carboxylic acids is 3. The molecule has 2 aliphatic heterocycles. The van der Waals surface area contributed by atoms with Gasteiger partial charge in [0.2, 0.25) is 0 Å². The molecule has 0 spiro atoms. The number of halogens is 3. The average Bonchev–Trinajstić information content (AvgIpc) is 3.81. The molecule has 0 aliphatic carbocycles. The second-order valence-corrected chi connectivity index (χ2v) is 18.3. The van der Waals surface area contributed by atoms with Crippen LogP contribution >= 0.6 is 23.1 Å². The van der Waals surface area contributed by atoms with Crippen molar-refractivity contribution in [3.8, 4) is 0 Å². The largest absolute Gasteiger partial charge is 0.534 e. The van der Waals surface area contributed by atoms with E-state index in [0.717, 1.165) is 39.4 Å². The molecule has 1 aromatic heterocycles. The molecule has 1 saturated heterocycles. The van der Waals surface area contributed by atoms with Gasteiger partial charge in [-0.1, -0.05) is 157 Å². The second-order valence-electron chi connectivity index (χ2n) is 14.8. The summed E-state index contributed by atoms with van der Waals surface area (Å²) in [6, 6.07) is 45.6. The Morgan fingerprint density at radius 1 is 0.821 bits per heavy atom.